The van der Waals surface area contributed by atoms with E-state index in [2.05, 4.69) is 20.2 Å². The molecule has 0 amide bonds. The Labute approximate surface area is 140 Å². The molecular weight excluding hydrogens is 304 g/mol. The fourth-order valence-corrected chi connectivity index (χ4v) is 3.16. The van der Waals surface area contributed by atoms with E-state index in [1.54, 1.807) is 6.20 Å². The second-order valence-electron chi connectivity index (χ2n) is 6.18. The fourth-order valence-electron chi connectivity index (χ4n) is 3.16. The zero-order chi connectivity index (χ0) is 16.5. The minimum absolute atomic E-state index is 0.139. The van der Waals surface area contributed by atoms with Gasteiger partial charge < -0.3 is 9.47 Å². The molecule has 1 aliphatic rings. The number of aryl methyl sites for hydroxylation is 2. The van der Waals surface area contributed by atoms with Gasteiger partial charge in [0.15, 0.2) is 0 Å². The van der Waals surface area contributed by atoms with Crippen molar-refractivity contribution in [3.8, 4) is 17.1 Å². The molecule has 0 atom stereocenters. The molecule has 6 nitrogen and oxygen atoms in total. The van der Waals surface area contributed by atoms with Crippen molar-refractivity contribution < 1.29 is 9.47 Å². The topological polar surface area (TPSA) is 72.9 Å². The van der Waals surface area contributed by atoms with E-state index in [0.717, 1.165) is 59.6 Å². The lowest BCUT2D eigenvalue weighted by molar-refractivity contribution is 0.0244. The fraction of sp³-hybridized carbons (Fsp3) is 0.389. The Morgan fingerprint density at radius 2 is 1.92 bits per heavy atom. The van der Waals surface area contributed by atoms with Gasteiger partial charge in [0.2, 0.25) is 5.88 Å². The molecule has 1 saturated heterocycles. The first-order chi connectivity index (χ1) is 11.7. The third-order valence-electron chi connectivity index (χ3n) is 4.24. The molecule has 0 bridgehead atoms. The third kappa shape index (κ3) is 2.85. The van der Waals surface area contributed by atoms with Crippen LogP contribution in [0, 0.1) is 13.8 Å². The Bertz CT molecular complexity index is 848. The molecule has 1 fully saturated rings. The highest BCUT2D eigenvalue weighted by atomic mass is 16.5. The molecule has 0 unspecified atom stereocenters. The Morgan fingerprint density at radius 1 is 1.17 bits per heavy atom. The molecule has 4 rings (SSSR count). The zero-order valence-electron chi connectivity index (χ0n) is 13.9. The minimum atomic E-state index is 0.139. The van der Waals surface area contributed by atoms with Crippen LogP contribution in [-0.2, 0) is 4.74 Å². The van der Waals surface area contributed by atoms with Crippen LogP contribution in [0.4, 0.5) is 0 Å². The summed E-state index contributed by atoms with van der Waals surface area (Å²) in [7, 11) is 0. The molecule has 0 aliphatic carbocycles. The van der Waals surface area contributed by atoms with Crippen molar-refractivity contribution in [3.05, 3.63) is 35.8 Å². The van der Waals surface area contributed by atoms with Crippen molar-refractivity contribution in [3.63, 3.8) is 0 Å². The SMILES string of the molecule is Cc1cc(-c2n[nH]c3ccnc(OC4CCOCC4)c23)cc(C)n1. The van der Waals surface area contributed by atoms with Gasteiger partial charge in [-0.15, -0.1) is 0 Å². The first kappa shape index (κ1) is 15.1. The van der Waals surface area contributed by atoms with E-state index < -0.39 is 0 Å². The summed E-state index contributed by atoms with van der Waals surface area (Å²) in [6.45, 7) is 5.45. The van der Waals surface area contributed by atoms with Crippen molar-refractivity contribution >= 4 is 10.9 Å². The highest BCUT2D eigenvalue weighted by molar-refractivity contribution is 5.96. The summed E-state index contributed by atoms with van der Waals surface area (Å²) in [5.74, 6) is 0.635. The molecule has 0 radical (unpaired) electrons. The Kier molecular flexibility index (Phi) is 3.90. The first-order valence-corrected chi connectivity index (χ1v) is 8.24. The van der Waals surface area contributed by atoms with Crippen LogP contribution >= 0.6 is 0 Å². The number of nitrogens with one attached hydrogen (secondary N) is 1. The minimum Gasteiger partial charge on any atom is -0.474 e. The third-order valence-corrected chi connectivity index (χ3v) is 4.24. The summed E-state index contributed by atoms with van der Waals surface area (Å²) in [4.78, 5) is 8.91. The van der Waals surface area contributed by atoms with E-state index in [9.17, 15) is 0 Å². The van der Waals surface area contributed by atoms with Crippen molar-refractivity contribution in [1.82, 2.24) is 20.2 Å². The molecule has 0 saturated carbocycles. The molecule has 124 valence electrons. The lowest BCUT2D eigenvalue weighted by atomic mass is 10.1. The molecule has 3 aromatic heterocycles. The molecule has 0 aromatic carbocycles. The van der Waals surface area contributed by atoms with E-state index >= 15 is 0 Å². The molecule has 4 heterocycles. The van der Waals surface area contributed by atoms with Crippen LogP contribution in [-0.4, -0.2) is 39.5 Å². The van der Waals surface area contributed by atoms with Gasteiger partial charge in [0, 0.05) is 36.0 Å². The average molecular weight is 324 g/mol. The Hall–Kier alpha value is -2.47. The lowest BCUT2D eigenvalue weighted by Gasteiger charge is -2.23. The second-order valence-corrected chi connectivity index (χ2v) is 6.18. The van der Waals surface area contributed by atoms with E-state index in [0.29, 0.717) is 5.88 Å². The van der Waals surface area contributed by atoms with Crippen molar-refractivity contribution in [2.45, 2.75) is 32.8 Å². The van der Waals surface area contributed by atoms with Crippen molar-refractivity contribution in [2.75, 3.05) is 13.2 Å². The number of hydrogen-bond donors (Lipinski definition) is 1. The standard InChI is InChI=1S/C18H20N4O2/c1-11-9-13(10-12(2)20-11)17-16-15(21-22-17)3-6-19-18(16)24-14-4-7-23-8-5-14/h3,6,9-10,14H,4-5,7-8H2,1-2H3,(H,21,22). The summed E-state index contributed by atoms with van der Waals surface area (Å²) < 4.78 is 11.6. The normalized spacial score (nSPS) is 15.8. The maximum atomic E-state index is 6.18. The average Bonchev–Trinajstić information content (AvgIpc) is 3.00. The van der Waals surface area contributed by atoms with E-state index in [4.69, 9.17) is 9.47 Å². The number of hydrogen-bond acceptors (Lipinski definition) is 5. The number of aromatic amines is 1. The number of H-pyrrole nitrogens is 1. The quantitative estimate of drug-likeness (QED) is 0.801. The Balaban J connectivity index is 1.79. The summed E-state index contributed by atoms with van der Waals surface area (Å²) in [6, 6.07) is 5.99. The molecular formula is C18H20N4O2. The van der Waals surface area contributed by atoms with Crippen molar-refractivity contribution in [2.24, 2.45) is 0 Å². The van der Waals surface area contributed by atoms with E-state index in [1.807, 2.05) is 32.0 Å². The number of nitrogens with zero attached hydrogens (tertiary/aromatic N) is 3. The van der Waals surface area contributed by atoms with Gasteiger partial charge >= 0.3 is 0 Å². The van der Waals surface area contributed by atoms with Crippen LogP contribution in [0.3, 0.4) is 0 Å². The van der Waals surface area contributed by atoms with Crippen LogP contribution < -0.4 is 4.74 Å². The number of rotatable bonds is 3. The van der Waals surface area contributed by atoms with Gasteiger partial charge in [-0.1, -0.05) is 0 Å². The highest BCUT2D eigenvalue weighted by Crippen LogP contribution is 2.33. The first-order valence-electron chi connectivity index (χ1n) is 8.24. The summed E-state index contributed by atoms with van der Waals surface area (Å²) in [6.07, 6.45) is 3.67. The van der Waals surface area contributed by atoms with Gasteiger partial charge in [0.25, 0.3) is 0 Å². The van der Waals surface area contributed by atoms with Gasteiger partial charge in [0.05, 0.1) is 24.1 Å². The maximum Gasteiger partial charge on any atom is 0.225 e. The largest absolute Gasteiger partial charge is 0.474 e. The van der Waals surface area contributed by atoms with E-state index in [-0.39, 0.29) is 6.10 Å². The number of ether oxygens (including phenoxy) is 2. The van der Waals surface area contributed by atoms with Crippen LogP contribution in [0.2, 0.25) is 0 Å². The van der Waals surface area contributed by atoms with Gasteiger partial charge in [0.1, 0.15) is 11.8 Å². The molecule has 3 aromatic rings. The monoisotopic (exact) mass is 324 g/mol. The van der Waals surface area contributed by atoms with Gasteiger partial charge in [-0.2, -0.15) is 5.10 Å². The van der Waals surface area contributed by atoms with Gasteiger partial charge in [-0.05, 0) is 32.0 Å². The van der Waals surface area contributed by atoms with Crippen LogP contribution in [0.15, 0.2) is 24.4 Å². The molecule has 1 N–H and O–H groups in total. The van der Waals surface area contributed by atoms with Crippen LogP contribution in [0.1, 0.15) is 24.2 Å². The van der Waals surface area contributed by atoms with E-state index in [1.165, 1.54) is 0 Å². The number of fused-ring (bicyclic) bond motifs is 1. The zero-order valence-corrected chi connectivity index (χ0v) is 13.9. The smallest absolute Gasteiger partial charge is 0.225 e. The second kappa shape index (κ2) is 6.20. The maximum absolute atomic E-state index is 6.18. The predicted octanol–water partition coefficient (Wildman–Crippen LogP) is 3.19. The Morgan fingerprint density at radius 3 is 2.67 bits per heavy atom. The summed E-state index contributed by atoms with van der Waals surface area (Å²) >= 11 is 0. The highest BCUT2D eigenvalue weighted by Gasteiger charge is 2.20. The molecule has 1 aliphatic heterocycles. The number of aromatic nitrogens is 4. The predicted molar refractivity (Wildman–Crippen MR) is 91.1 cm³/mol. The molecule has 6 heteroatoms. The van der Waals surface area contributed by atoms with Crippen LogP contribution in [0.5, 0.6) is 5.88 Å². The molecule has 0 spiro atoms. The number of pyridine rings is 2. The lowest BCUT2D eigenvalue weighted by Crippen LogP contribution is -2.26. The molecule has 24 heavy (non-hydrogen) atoms. The van der Waals surface area contributed by atoms with Crippen molar-refractivity contribution in [1.29, 1.82) is 0 Å². The van der Waals surface area contributed by atoms with Gasteiger partial charge in [-0.3, -0.25) is 10.1 Å². The van der Waals surface area contributed by atoms with Crippen LogP contribution in [0.25, 0.3) is 22.2 Å². The summed E-state index contributed by atoms with van der Waals surface area (Å²) in [5, 5.41) is 8.52. The van der Waals surface area contributed by atoms with Gasteiger partial charge in [-0.25, -0.2) is 4.98 Å². The summed E-state index contributed by atoms with van der Waals surface area (Å²) in [5.41, 5.74) is 4.74.